The molecule has 0 spiro atoms. The zero-order valence-electron chi connectivity index (χ0n) is 13.1. The number of nitrogens with zero attached hydrogens (tertiary/aromatic N) is 3. The third-order valence-electron chi connectivity index (χ3n) is 4.01. The number of hydrogen-bond donors (Lipinski definition) is 1. The van der Waals surface area contributed by atoms with Gasteiger partial charge in [0.2, 0.25) is 0 Å². The van der Waals surface area contributed by atoms with Gasteiger partial charge in [-0.15, -0.1) is 0 Å². The first kappa shape index (κ1) is 16.2. The van der Waals surface area contributed by atoms with Gasteiger partial charge < -0.3 is 5.32 Å². The van der Waals surface area contributed by atoms with Crippen LogP contribution in [0.5, 0.6) is 0 Å². The van der Waals surface area contributed by atoms with E-state index in [9.17, 15) is 13.2 Å². The number of nitrogens with one attached hydrogen (secondary N) is 1. The Morgan fingerprint density at radius 2 is 2.17 bits per heavy atom. The Hall–Kier alpha value is -2.66. The van der Waals surface area contributed by atoms with E-state index in [0.29, 0.717) is 17.7 Å². The van der Waals surface area contributed by atoms with Gasteiger partial charge in [0.15, 0.2) is 15.5 Å². The van der Waals surface area contributed by atoms with Gasteiger partial charge in [-0.2, -0.15) is 10.4 Å². The van der Waals surface area contributed by atoms with Crippen LogP contribution in [0.25, 0.3) is 0 Å². The third-order valence-corrected chi connectivity index (χ3v) is 5.76. The van der Waals surface area contributed by atoms with E-state index in [-0.39, 0.29) is 23.2 Å². The van der Waals surface area contributed by atoms with Crippen molar-refractivity contribution in [2.75, 3.05) is 16.8 Å². The summed E-state index contributed by atoms with van der Waals surface area (Å²) in [5.74, 6) is -0.234. The van der Waals surface area contributed by atoms with Crippen LogP contribution < -0.4 is 5.32 Å². The number of nitriles is 1. The maximum atomic E-state index is 12.4. The lowest BCUT2D eigenvalue weighted by atomic mass is 10.2. The lowest BCUT2D eigenvalue weighted by Crippen LogP contribution is -2.17. The molecule has 1 atom stereocenters. The highest BCUT2D eigenvalue weighted by molar-refractivity contribution is 7.91. The molecule has 2 heterocycles. The summed E-state index contributed by atoms with van der Waals surface area (Å²) in [5, 5.41) is 16.0. The number of para-hydroxylation sites is 1. The van der Waals surface area contributed by atoms with Crippen molar-refractivity contribution in [2.24, 2.45) is 0 Å². The third kappa shape index (κ3) is 3.16. The van der Waals surface area contributed by atoms with E-state index >= 15 is 0 Å². The van der Waals surface area contributed by atoms with Gasteiger partial charge >= 0.3 is 0 Å². The van der Waals surface area contributed by atoms with E-state index < -0.39 is 15.7 Å². The molecule has 1 saturated heterocycles. The quantitative estimate of drug-likeness (QED) is 0.912. The summed E-state index contributed by atoms with van der Waals surface area (Å²) in [7, 11) is -3.03. The summed E-state index contributed by atoms with van der Waals surface area (Å²) < 4.78 is 24.9. The van der Waals surface area contributed by atoms with Gasteiger partial charge in [0, 0.05) is 5.69 Å². The molecule has 1 N–H and O–H groups in total. The molecule has 2 aromatic rings. The van der Waals surface area contributed by atoms with Gasteiger partial charge in [-0.1, -0.05) is 12.1 Å². The summed E-state index contributed by atoms with van der Waals surface area (Å²) in [6.45, 7) is 1.79. The highest BCUT2D eigenvalue weighted by Gasteiger charge is 2.31. The number of anilines is 1. The fraction of sp³-hybridized carbons (Fsp3) is 0.312. The second-order valence-electron chi connectivity index (χ2n) is 5.78. The number of carbonyl (C=O) groups is 1. The Labute approximate surface area is 139 Å². The standard InChI is InChI=1S/C16H16N4O3S/c1-11-8-15(19-20(11)13-6-7-24(22,23)10-13)16(21)18-14-5-3-2-4-12(14)9-17/h2-5,8,13H,6-7,10H2,1H3,(H,18,21). The van der Waals surface area contributed by atoms with Crippen LogP contribution in [0, 0.1) is 18.3 Å². The number of carbonyl (C=O) groups excluding carboxylic acids is 1. The lowest BCUT2D eigenvalue weighted by Gasteiger charge is -2.10. The van der Waals surface area contributed by atoms with E-state index in [0.717, 1.165) is 5.69 Å². The van der Waals surface area contributed by atoms with E-state index in [2.05, 4.69) is 10.4 Å². The number of amides is 1. The zero-order valence-corrected chi connectivity index (χ0v) is 13.9. The van der Waals surface area contributed by atoms with Crippen LogP contribution in [0.2, 0.25) is 0 Å². The van der Waals surface area contributed by atoms with Crippen molar-refractivity contribution < 1.29 is 13.2 Å². The number of aromatic nitrogens is 2. The van der Waals surface area contributed by atoms with E-state index in [4.69, 9.17) is 5.26 Å². The van der Waals surface area contributed by atoms with Crippen LogP contribution in [-0.4, -0.2) is 35.6 Å². The molecule has 0 aliphatic carbocycles. The molecule has 1 aromatic carbocycles. The lowest BCUT2D eigenvalue weighted by molar-refractivity contribution is 0.102. The number of sulfone groups is 1. The fourth-order valence-corrected chi connectivity index (χ4v) is 4.50. The first-order valence-corrected chi connectivity index (χ1v) is 9.29. The van der Waals surface area contributed by atoms with Gasteiger partial charge in [0.25, 0.3) is 5.91 Å². The molecule has 1 unspecified atom stereocenters. The van der Waals surface area contributed by atoms with Crippen LogP contribution in [-0.2, 0) is 9.84 Å². The Bertz CT molecular complexity index is 940. The summed E-state index contributed by atoms with van der Waals surface area (Å²) in [6, 6.07) is 10.1. The predicted molar refractivity (Wildman–Crippen MR) is 88.4 cm³/mol. The maximum absolute atomic E-state index is 12.4. The largest absolute Gasteiger partial charge is 0.319 e. The minimum absolute atomic E-state index is 0.0494. The predicted octanol–water partition coefficient (Wildman–Crippen LogP) is 1.68. The Morgan fingerprint density at radius 3 is 2.83 bits per heavy atom. The molecular weight excluding hydrogens is 328 g/mol. The summed E-state index contributed by atoms with van der Waals surface area (Å²) in [4.78, 5) is 12.4. The number of aryl methyl sites for hydroxylation is 1. The first-order valence-electron chi connectivity index (χ1n) is 7.47. The van der Waals surface area contributed by atoms with Gasteiger partial charge in [-0.3, -0.25) is 9.48 Å². The number of benzene rings is 1. The smallest absolute Gasteiger partial charge is 0.276 e. The average Bonchev–Trinajstić information content (AvgIpc) is 3.10. The van der Waals surface area contributed by atoms with Crippen molar-refractivity contribution in [3.8, 4) is 6.07 Å². The second-order valence-corrected chi connectivity index (χ2v) is 8.01. The number of rotatable bonds is 3. The highest BCUT2D eigenvalue weighted by Crippen LogP contribution is 2.25. The van der Waals surface area contributed by atoms with Crippen molar-refractivity contribution in [1.82, 2.24) is 9.78 Å². The van der Waals surface area contributed by atoms with Crippen LogP contribution >= 0.6 is 0 Å². The van der Waals surface area contributed by atoms with Crippen molar-refractivity contribution in [3.05, 3.63) is 47.3 Å². The summed E-state index contributed by atoms with van der Waals surface area (Å²) in [5.41, 5.74) is 1.71. The van der Waals surface area contributed by atoms with Crippen molar-refractivity contribution in [2.45, 2.75) is 19.4 Å². The summed E-state index contributed by atoms with van der Waals surface area (Å²) in [6.07, 6.45) is 0.503. The molecular formula is C16H16N4O3S. The van der Waals surface area contributed by atoms with Crippen LogP contribution in [0.3, 0.4) is 0 Å². The molecule has 1 aromatic heterocycles. The Morgan fingerprint density at radius 1 is 1.42 bits per heavy atom. The fourth-order valence-electron chi connectivity index (χ4n) is 2.81. The monoisotopic (exact) mass is 344 g/mol. The normalized spacial score (nSPS) is 18.9. The minimum Gasteiger partial charge on any atom is -0.319 e. The molecule has 1 fully saturated rings. The van der Waals surface area contributed by atoms with E-state index in [1.807, 2.05) is 6.07 Å². The molecule has 24 heavy (non-hydrogen) atoms. The highest BCUT2D eigenvalue weighted by atomic mass is 32.2. The second kappa shape index (κ2) is 6.09. The van der Waals surface area contributed by atoms with Crippen molar-refractivity contribution >= 4 is 21.4 Å². The van der Waals surface area contributed by atoms with Gasteiger partial charge in [-0.25, -0.2) is 8.42 Å². The topological polar surface area (TPSA) is 105 Å². The first-order chi connectivity index (χ1) is 11.4. The van der Waals surface area contributed by atoms with Crippen molar-refractivity contribution in [3.63, 3.8) is 0 Å². The molecule has 1 aliphatic heterocycles. The summed E-state index contributed by atoms with van der Waals surface area (Å²) >= 11 is 0. The number of hydrogen-bond acceptors (Lipinski definition) is 5. The SMILES string of the molecule is Cc1cc(C(=O)Nc2ccccc2C#N)nn1C1CCS(=O)(=O)C1. The van der Waals surface area contributed by atoms with Gasteiger partial charge in [-0.05, 0) is 31.5 Å². The Balaban J connectivity index is 1.82. The molecule has 7 nitrogen and oxygen atoms in total. The molecule has 3 rings (SSSR count). The van der Waals surface area contributed by atoms with Crippen LogP contribution in [0.15, 0.2) is 30.3 Å². The van der Waals surface area contributed by atoms with Crippen LogP contribution in [0.4, 0.5) is 5.69 Å². The van der Waals surface area contributed by atoms with Crippen LogP contribution in [0.1, 0.15) is 34.2 Å². The molecule has 124 valence electrons. The molecule has 0 bridgehead atoms. The minimum atomic E-state index is -3.03. The van der Waals surface area contributed by atoms with Gasteiger partial charge in [0.05, 0.1) is 28.8 Å². The zero-order chi connectivity index (χ0) is 17.3. The average molecular weight is 344 g/mol. The maximum Gasteiger partial charge on any atom is 0.276 e. The molecule has 0 radical (unpaired) electrons. The molecule has 1 amide bonds. The molecule has 0 saturated carbocycles. The van der Waals surface area contributed by atoms with E-state index in [1.165, 1.54) is 0 Å². The van der Waals surface area contributed by atoms with Crippen molar-refractivity contribution in [1.29, 1.82) is 5.26 Å². The Kier molecular flexibility index (Phi) is 4.11. The van der Waals surface area contributed by atoms with Gasteiger partial charge in [0.1, 0.15) is 6.07 Å². The molecule has 8 heteroatoms. The molecule has 1 aliphatic rings. The van der Waals surface area contributed by atoms with E-state index in [1.54, 1.807) is 41.9 Å².